The van der Waals surface area contributed by atoms with Crippen LogP contribution in [0.3, 0.4) is 0 Å². The van der Waals surface area contributed by atoms with Crippen LogP contribution in [0, 0.1) is 12.3 Å². The van der Waals surface area contributed by atoms with Gasteiger partial charge in [-0.05, 0) is 25.0 Å². The highest BCUT2D eigenvalue weighted by Crippen LogP contribution is 2.27. The number of terminal acetylenes is 1. The molecule has 15 heavy (non-hydrogen) atoms. The Morgan fingerprint density at radius 3 is 3.00 bits per heavy atom. The summed E-state index contributed by atoms with van der Waals surface area (Å²) in [7, 11) is 0. The van der Waals surface area contributed by atoms with Crippen molar-refractivity contribution in [3.63, 3.8) is 0 Å². The number of carbonyl (C=O) groups is 1. The molecule has 1 rings (SSSR count). The van der Waals surface area contributed by atoms with Gasteiger partial charge in [-0.2, -0.15) is 11.8 Å². The van der Waals surface area contributed by atoms with E-state index >= 15 is 0 Å². The first-order chi connectivity index (χ1) is 7.19. The molecule has 2 N–H and O–H groups in total. The maximum atomic E-state index is 11.6. The molecule has 0 aromatic heterocycles. The number of hydrogen-bond donors (Lipinski definition) is 2. The molecule has 0 aliphatic carbocycles. The van der Waals surface area contributed by atoms with E-state index in [0.717, 1.165) is 25.0 Å². The van der Waals surface area contributed by atoms with Crippen LogP contribution < -0.4 is 5.32 Å². The lowest BCUT2D eigenvalue weighted by atomic mass is 10.0. The van der Waals surface area contributed by atoms with Crippen molar-refractivity contribution in [1.82, 2.24) is 5.32 Å². The van der Waals surface area contributed by atoms with Gasteiger partial charge in [0.25, 0.3) is 5.91 Å². The second kappa shape index (κ2) is 6.04. The molecule has 1 aliphatic rings. The Bertz CT molecular complexity index is 254. The molecule has 0 radical (unpaired) electrons. The molecule has 3 nitrogen and oxygen atoms in total. The monoisotopic (exact) mass is 227 g/mol. The van der Waals surface area contributed by atoms with Crippen molar-refractivity contribution in [3.05, 3.63) is 0 Å². The molecule has 0 aromatic rings. The molecular weight excluding hydrogens is 210 g/mol. The Morgan fingerprint density at radius 1 is 1.60 bits per heavy atom. The van der Waals surface area contributed by atoms with E-state index in [4.69, 9.17) is 6.42 Å². The molecule has 4 heteroatoms. The quantitative estimate of drug-likeness (QED) is 0.539. The molecule has 84 valence electrons. The Labute approximate surface area is 95.0 Å². The van der Waals surface area contributed by atoms with E-state index < -0.39 is 5.60 Å². The number of thioether (sulfide) groups is 1. The van der Waals surface area contributed by atoms with E-state index in [1.807, 2.05) is 0 Å². The van der Waals surface area contributed by atoms with Crippen molar-refractivity contribution in [1.29, 1.82) is 0 Å². The van der Waals surface area contributed by atoms with Gasteiger partial charge in [-0.1, -0.05) is 0 Å². The van der Waals surface area contributed by atoms with Crippen molar-refractivity contribution in [2.45, 2.75) is 31.3 Å². The fraction of sp³-hybridized carbons (Fsp3) is 0.727. The van der Waals surface area contributed by atoms with Crippen LogP contribution in [-0.4, -0.2) is 34.7 Å². The fourth-order valence-electron chi connectivity index (χ4n) is 1.45. The molecule has 1 heterocycles. The van der Waals surface area contributed by atoms with E-state index in [1.54, 1.807) is 11.8 Å². The van der Waals surface area contributed by atoms with Gasteiger partial charge in [0.1, 0.15) is 0 Å². The molecular formula is C11H17NO2S. The van der Waals surface area contributed by atoms with Gasteiger partial charge in [0.05, 0.1) is 0 Å². The zero-order valence-corrected chi connectivity index (χ0v) is 9.61. The van der Waals surface area contributed by atoms with E-state index in [0.29, 0.717) is 18.7 Å². The molecule has 1 saturated heterocycles. The minimum Gasteiger partial charge on any atom is -0.379 e. The summed E-state index contributed by atoms with van der Waals surface area (Å²) in [5.41, 5.74) is -1.13. The molecule has 1 amide bonds. The molecule has 0 saturated carbocycles. The predicted molar refractivity (Wildman–Crippen MR) is 62.6 cm³/mol. The lowest BCUT2D eigenvalue weighted by molar-refractivity contribution is -0.137. The number of carbonyl (C=O) groups excluding carboxylic acids is 1. The second-order valence-corrected chi connectivity index (χ2v) is 4.86. The van der Waals surface area contributed by atoms with Gasteiger partial charge in [0.15, 0.2) is 5.60 Å². The highest BCUT2D eigenvalue weighted by Gasteiger charge is 2.38. The van der Waals surface area contributed by atoms with Crippen molar-refractivity contribution < 1.29 is 9.90 Å². The zero-order valence-electron chi connectivity index (χ0n) is 8.79. The van der Waals surface area contributed by atoms with E-state index in [9.17, 15) is 9.90 Å². The van der Waals surface area contributed by atoms with E-state index in [2.05, 4.69) is 11.2 Å². The first kappa shape index (κ1) is 12.4. The summed E-state index contributed by atoms with van der Waals surface area (Å²) in [6.07, 6.45) is 8.22. The summed E-state index contributed by atoms with van der Waals surface area (Å²) in [5.74, 6) is 3.70. The number of rotatable bonds is 5. The predicted octanol–water partition coefficient (Wildman–Crippen LogP) is 0.774. The first-order valence-electron chi connectivity index (χ1n) is 5.21. The number of aliphatic hydroxyl groups is 1. The van der Waals surface area contributed by atoms with Crippen LogP contribution in [-0.2, 0) is 4.79 Å². The van der Waals surface area contributed by atoms with Crippen LogP contribution in [0.5, 0.6) is 0 Å². The Balaban J connectivity index is 2.16. The average molecular weight is 227 g/mol. The molecule has 1 unspecified atom stereocenters. The normalized spacial score (nSPS) is 24.8. The molecule has 0 bridgehead atoms. The largest absolute Gasteiger partial charge is 0.379 e. The van der Waals surface area contributed by atoms with Gasteiger partial charge in [-0.25, -0.2) is 0 Å². The van der Waals surface area contributed by atoms with Crippen LogP contribution in [0.15, 0.2) is 0 Å². The SMILES string of the molecule is C#CCCCCNC(=O)C1(O)CCSC1. The van der Waals surface area contributed by atoms with Crippen LogP contribution in [0.2, 0.25) is 0 Å². The van der Waals surface area contributed by atoms with Gasteiger partial charge in [-0.3, -0.25) is 4.79 Å². The van der Waals surface area contributed by atoms with Crippen molar-refractivity contribution in [2.24, 2.45) is 0 Å². The van der Waals surface area contributed by atoms with Gasteiger partial charge >= 0.3 is 0 Å². The topological polar surface area (TPSA) is 49.3 Å². The van der Waals surface area contributed by atoms with Gasteiger partial charge < -0.3 is 10.4 Å². The maximum absolute atomic E-state index is 11.6. The van der Waals surface area contributed by atoms with E-state index in [-0.39, 0.29) is 5.91 Å². The Kier molecular flexibility index (Phi) is 5.00. The lowest BCUT2D eigenvalue weighted by Gasteiger charge is -2.19. The Morgan fingerprint density at radius 2 is 2.40 bits per heavy atom. The number of nitrogens with one attached hydrogen (secondary N) is 1. The first-order valence-corrected chi connectivity index (χ1v) is 6.36. The smallest absolute Gasteiger partial charge is 0.252 e. The average Bonchev–Trinajstić information content (AvgIpc) is 2.66. The molecule has 0 spiro atoms. The number of amides is 1. The standard InChI is InChI=1S/C11H17NO2S/c1-2-3-4-5-7-12-10(13)11(14)6-8-15-9-11/h1,14H,3-9H2,(H,12,13). The van der Waals surface area contributed by atoms with Crippen LogP contribution >= 0.6 is 11.8 Å². The summed E-state index contributed by atoms with van der Waals surface area (Å²) in [5, 5.41) is 12.7. The minimum atomic E-state index is -1.13. The third-order valence-electron chi connectivity index (χ3n) is 2.46. The third-order valence-corrected chi connectivity index (χ3v) is 3.63. The van der Waals surface area contributed by atoms with E-state index in [1.165, 1.54) is 0 Å². The van der Waals surface area contributed by atoms with Crippen LogP contribution in [0.25, 0.3) is 0 Å². The molecule has 1 atom stereocenters. The molecule has 1 fully saturated rings. The van der Waals surface area contributed by atoms with Crippen molar-refractivity contribution in [3.8, 4) is 12.3 Å². The van der Waals surface area contributed by atoms with Crippen LogP contribution in [0.4, 0.5) is 0 Å². The summed E-state index contributed by atoms with van der Waals surface area (Å²) < 4.78 is 0. The molecule has 0 aromatic carbocycles. The molecule has 1 aliphatic heterocycles. The summed E-state index contributed by atoms with van der Waals surface area (Å²) >= 11 is 1.62. The lowest BCUT2D eigenvalue weighted by Crippen LogP contribution is -2.47. The zero-order chi connectivity index (χ0) is 11.1. The summed E-state index contributed by atoms with van der Waals surface area (Å²) in [6.45, 7) is 0.605. The maximum Gasteiger partial charge on any atom is 0.252 e. The van der Waals surface area contributed by atoms with Crippen LogP contribution in [0.1, 0.15) is 25.7 Å². The van der Waals surface area contributed by atoms with Gasteiger partial charge in [0, 0.05) is 18.7 Å². The highest BCUT2D eigenvalue weighted by molar-refractivity contribution is 7.99. The number of unbranched alkanes of at least 4 members (excludes halogenated alkanes) is 2. The second-order valence-electron chi connectivity index (χ2n) is 3.75. The summed E-state index contributed by atoms with van der Waals surface area (Å²) in [4.78, 5) is 11.6. The third kappa shape index (κ3) is 3.77. The minimum absolute atomic E-state index is 0.229. The highest BCUT2D eigenvalue weighted by atomic mass is 32.2. The Hall–Kier alpha value is -0.660. The van der Waals surface area contributed by atoms with Crippen molar-refractivity contribution >= 4 is 17.7 Å². The van der Waals surface area contributed by atoms with Gasteiger partial charge in [-0.15, -0.1) is 12.3 Å². The number of hydrogen-bond acceptors (Lipinski definition) is 3. The van der Waals surface area contributed by atoms with Gasteiger partial charge in [0.2, 0.25) is 0 Å². The summed E-state index contributed by atoms with van der Waals surface area (Å²) in [6, 6.07) is 0. The fourth-order valence-corrected chi connectivity index (χ4v) is 2.69. The van der Waals surface area contributed by atoms with Crippen molar-refractivity contribution in [2.75, 3.05) is 18.1 Å².